The maximum Gasteiger partial charge on any atom is 0.119 e. The Hall–Kier alpha value is -1.02. The Labute approximate surface area is 105 Å². The standard InChI is InChI=1S/C15H23NO/c1-14-7-5-8-15(13-14)17-12-6-11-16-9-3-2-4-10-16/h5,7-8,13H,2-4,6,9-12H2,1H3. The molecule has 0 amide bonds. The second-order valence-electron chi connectivity index (χ2n) is 4.92. The SMILES string of the molecule is Cc1cccc(OCCCN2CCCCC2)c1. The summed E-state index contributed by atoms with van der Waals surface area (Å²) in [6.07, 6.45) is 5.29. The Kier molecular flexibility index (Phi) is 4.87. The number of likely N-dealkylation sites (tertiary alicyclic amines) is 1. The molecule has 1 aromatic rings. The first-order valence-corrected chi connectivity index (χ1v) is 6.76. The van der Waals surface area contributed by atoms with Crippen LogP contribution in [0, 0.1) is 6.92 Å². The van der Waals surface area contributed by atoms with Crippen LogP contribution in [0.1, 0.15) is 31.2 Å². The summed E-state index contributed by atoms with van der Waals surface area (Å²) in [6.45, 7) is 6.68. The molecule has 0 saturated carbocycles. The number of nitrogens with zero attached hydrogens (tertiary/aromatic N) is 1. The van der Waals surface area contributed by atoms with Crippen LogP contribution in [0.25, 0.3) is 0 Å². The van der Waals surface area contributed by atoms with Crippen LogP contribution in [-0.4, -0.2) is 31.1 Å². The van der Waals surface area contributed by atoms with Crippen LogP contribution < -0.4 is 4.74 Å². The summed E-state index contributed by atoms with van der Waals surface area (Å²) < 4.78 is 5.75. The average molecular weight is 233 g/mol. The van der Waals surface area contributed by atoms with E-state index in [0.29, 0.717) is 0 Å². The van der Waals surface area contributed by atoms with E-state index >= 15 is 0 Å². The number of hydrogen-bond donors (Lipinski definition) is 0. The van der Waals surface area contributed by atoms with E-state index in [1.54, 1.807) is 0 Å². The van der Waals surface area contributed by atoms with Crippen molar-refractivity contribution in [3.8, 4) is 5.75 Å². The second kappa shape index (κ2) is 6.65. The van der Waals surface area contributed by atoms with E-state index in [1.165, 1.54) is 44.5 Å². The van der Waals surface area contributed by atoms with Gasteiger partial charge in [-0.2, -0.15) is 0 Å². The predicted molar refractivity (Wildman–Crippen MR) is 71.6 cm³/mol. The number of piperidine rings is 1. The summed E-state index contributed by atoms with van der Waals surface area (Å²) in [5, 5.41) is 0. The van der Waals surface area contributed by atoms with Gasteiger partial charge < -0.3 is 9.64 Å². The van der Waals surface area contributed by atoms with Gasteiger partial charge in [-0.25, -0.2) is 0 Å². The molecule has 0 bridgehead atoms. The van der Waals surface area contributed by atoms with Gasteiger partial charge in [0.05, 0.1) is 6.61 Å². The van der Waals surface area contributed by atoms with E-state index in [-0.39, 0.29) is 0 Å². The number of rotatable bonds is 5. The zero-order valence-corrected chi connectivity index (χ0v) is 10.8. The zero-order valence-electron chi connectivity index (χ0n) is 10.8. The normalized spacial score (nSPS) is 17.0. The summed E-state index contributed by atoms with van der Waals surface area (Å²) in [4.78, 5) is 2.56. The third-order valence-electron chi connectivity index (χ3n) is 3.33. The third kappa shape index (κ3) is 4.39. The zero-order chi connectivity index (χ0) is 11.9. The lowest BCUT2D eigenvalue weighted by molar-refractivity contribution is 0.205. The van der Waals surface area contributed by atoms with Gasteiger partial charge in [0.25, 0.3) is 0 Å². The molecule has 1 heterocycles. The van der Waals surface area contributed by atoms with E-state index in [2.05, 4.69) is 30.0 Å². The van der Waals surface area contributed by atoms with Crippen molar-refractivity contribution >= 4 is 0 Å². The highest BCUT2D eigenvalue weighted by Gasteiger charge is 2.08. The van der Waals surface area contributed by atoms with E-state index < -0.39 is 0 Å². The third-order valence-corrected chi connectivity index (χ3v) is 3.33. The van der Waals surface area contributed by atoms with Crippen molar-refractivity contribution < 1.29 is 4.74 Å². The molecule has 0 atom stereocenters. The Morgan fingerprint density at radius 2 is 2.00 bits per heavy atom. The van der Waals surface area contributed by atoms with Crippen molar-refractivity contribution in [2.24, 2.45) is 0 Å². The lowest BCUT2D eigenvalue weighted by Gasteiger charge is -2.26. The summed E-state index contributed by atoms with van der Waals surface area (Å²) >= 11 is 0. The van der Waals surface area contributed by atoms with Gasteiger partial charge >= 0.3 is 0 Å². The number of benzene rings is 1. The van der Waals surface area contributed by atoms with Crippen LogP contribution in [0.4, 0.5) is 0 Å². The molecule has 17 heavy (non-hydrogen) atoms. The second-order valence-corrected chi connectivity index (χ2v) is 4.92. The molecule has 0 spiro atoms. The maximum absolute atomic E-state index is 5.75. The van der Waals surface area contributed by atoms with E-state index in [4.69, 9.17) is 4.74 Å². The highest BCUT2D eigenvalue weighted by atomic mass is 16.5. The molecule has 0 radical (unpaired) electrons. The number of hydrogen-bond acceptors (Lipinski definition) is 2. The minimum atomic E-state index is 0.833. The minimum Gasteiger partial charge on any atom is -0.494 e. The molecule has 0 N–H and O–H groups in total. The summed E-state index contributed by atoms with van der Waals surface area (Å²) in [7, 11) is 0. The van der Waals surface area contributed by atoms with Gasteiger partial charge in [-0.1, -0.05) is 18.6 Å². The largest absolute Gasteiger partial charge is 0.494 e. The van der Waals surface area contributed by atoms with Crippen LogP contribution in [0.5, 0.6) is 5.75 Å². The lowest BCUT2D eigenvalue weighted by Crippen LogP contribution is -2.31. The molecule has 0 aliphatic carbocycles. The average Bonchev–Trinajstić information content (AvgIpc) is 2.36. The first kappa shape index (κ1) is 12.4. The Morgan fingerprint density at radius 1 is 1.18 bits per heavy atom. The highest BCUT2D eigenvalue weighted by Crippen LogP contribution is 2.13. The summed E-state index contributed by atoms with van der Waals surface area (Å²) in [5.74, 6) is 1.00. The van der Waals surface area contributed by atoms with Crippen molar-refractivity contribution in [2.45, 2.75) is 32.6 Å². The van der Waals surface area contributed by atoms with Crippen LogP contribution in [-0.2, 0) is 0 Å². The monoisotopic (exact) mass is 233 g/mol. The fraction of sp³-hybridized carbons (Fsp3) is 0.600. The fourth-order valence-electron chi connectivity index (χ4n) is 2.37. The van der Waals surface area contributed by atoms with Gasteiger partial charge in [-0.3, -0.25) is 0 Å². The van der Waals surface area contributed by atoms with Crippen LogP contribution in [0.3, 0.4) is 0 Å². The topological polar surface area (TPSA) is 12.5 Å². The molecule has 1 fully saturated rings. The van der Waals surface area contributed by atoms with Gasteiger partial charge in [-0.05, 0) is 57.0 Å². The minimum absolute atomic E-state index is 0.833. The molecule has 2 rings (SSSR count). The molecule has 1 aliphatic heterocycles. The van der Waals surface area contributed by atoms with Crippen LogP contribution in [0.15, 0.2) is 24.3 Å². The molecule has 94 valence electrons. The van der Waals surface area contributed by atoms with Gasteiger partial charge in [0.2, 0.25) is 0 Å². The van der Waals surface area contributed by atoms with Crippen LogP contribution in [0.2, 0.25) is 0 Å². The summed E-state index contributed by atoms with van der Waals surface area (Å²) in [6, 6.07) is 8.28. The maximum atomic E-state index is 5.75. The van der Waals surface area contributed by atoms with Crippen molar-refractivity contribution in [1.29, 1.82) is 0 Å². The molecule has 2 nitrogen and oxygen atoms in total. The smallest absolute Gasteiger partial charge is 0.119 e. The Bertz CT molecular complexity index is 331. The van der Waals surface area contributed by atoms with Crippen molar-refractivity contribution in [1.82, 2.24) is 4.90 Å². The van der Waals surface area contributed by atoms with Crippen molar-refractivity contribution in [2.75, 3.05) is 26.2 Å². The highest BCUT2D eigenvalue weighted by molar-refractivity contribution is 5.27. The number of ether oxygens (including phenoxy) is 1. The molecule has 1 aliphatic rings. The van der Waals surface area contributed by atoms with Gasteiger partial charge in [0, 0.05) is 6.54 Å². The van der Waals surface area contributed by atoms with Gasteiger partial charge in [0.15, 0.2) is 0 Å². The van der Waals surface area contributed by atoms with E-state index in [1.807, 2.05) is 6.07 Å². The van der Waals surface area contributed by atoms with Crippen LogP contribution >= 0.6 is 0 Å². The first-order valence-electron chi connectivity index (χ1n) is 6.76. The van der Waals surface area contributed by atoms with E-state index in [9.17, 15) is 0 Å². The summed E-state index contributed by atoms with van der Waals surface area (Å²) in [5.41, 5.74) is 1.26. The van der Waals surface area contributed by atoms with Gasteiger partial charge in [0.1, 0.15) is 5.75 Å². The van der Waals surface area contributed by atoms with Crippen molar-refractivity contribution in [3.05, 3.63) is 29.8 Å². The molecule has 1 saturated heterocycles. The van der Waals surface area contributed by atoms with Gasteiger partial charge in [-0.15, -0.1) is 0 Å². The molecule has 1 aromatic carbocycles. The van der Waals surface area contributed by atoms with E-state index in [0.717, 1.165) is 18.8 Å². The molecular formula is C15H23NO. The quantitative estimate of drug-likeness (QED) is 0.724. The molecule has 0 unspecified atom stereocenters. The first-order chi connectivity index (χ1) is 8.34. The molecular weight excluding hydrogens is 210 g/mol. The lowest BCUT2D eigenvalue weighted by atomic mass is 10.1. The van der Waals surface area contributed by atoms with Crippen molar-refractivity contribution in [3.63, 3.8) is 0 Å². The number of aryl methyl sites for hydroxylation is 1. The fourth-order valence-corrected chi connectivity index (χ4v) is 2.37. The Balaban J connectivity index is 1.62. The predicted octanol–water partition coefficient (Wildman–Crippen LogP) is 3.25. The molecule has 2 heteroatoms. The molecule has 0 aromatic heterocycles. The Morgan fingerprint density at radius 3 is 2.76 bits per heavy atom.